The second-order valence-electron chi connectivity index (χ2n) is 5.90. The topological polar surface area (TPSA) is 59.8 Å². The number of nitrogens with one attached hydrogen (secondary N) is 1. The molecule has 124 valence electrons. The lowest BCUT2D eigenvalue weighted by Gasteiger charge is -2.16. The molecule has 0 saturated heterocycles. The van der Waals surface area contributed by atoms with Crippen LogP contribution in [0.25, 0.3) is 10.9 Å². The predicted molar refractivity (Wildman–Crippen MR) is 95.3 cm³/mol. The number of pyridine rings is 1. The fourth-order valence-corrected chi connectivity index (χ4v) is 3.30. The number of hydrogen-bond acceptors (Lipinski definition) is 3. The number of hydrogen-bond donors (Lipinski definition) is 1. The molecule has 1 amide bonds. The lowest BCUT2D eigenvalue weighted by molar-refractivity contribution is 0.0941. The fraction of sp³-hybridized carbons (Fsp3) is 0.278. The number of aryl methyl sites for hydroxylation is 2. The number of carbonyl (C=O) groups excluding carboxylic acids is 1. The first-order chi connectivity index (χ1) is 11.4. The van der Waals surface area contributed by atoms with Gasteiger partial charge in [0.05, 0.1) is 27.8 Å². The smallest absolute Gasteiger partial charge is 0.253 e. The number of fused-ring (bicyclic) bond motifs is 1. The van der Waals surface area contributed by atoms with Gasteiger partial charge in [0.2, 0.25) is 0 Å². The highest BCUT2D eigenvalue weighted by Gasteiger charge is 2.20. The molecule has 0 spiro atoms. The standard InChI is InChI=1S/C18H19ClN4O/c1-10(16-11(2)22-23(4)12(16)3)21-18(24)14-7-8-15(19)13-6-5-9-20-17(13)14/h5-10H,1-4H3,(H,21,24)/t10-/m0/s1. The Labute approximate surface area is 145 Å². The molecule has 0 aliphatic heterocycles. The summed E-state index contributed by atoms with van der Waals surface area (Å²) in [6.07, 6.45) is 1.66. The van der Waals surface area contributed by atoms with Crippen molar-refractivity contribution in [2.75, 3.05) is 0 Å². The summed E-state index contributed by atoms with van der Waals surface area (Å²) in [7, 11) is 1.90. The van der Waals surface area contributed by atoms with E-state index in [0.717, 1.165) is 22.3 Å². The van der Waals surface area contributed by atoms with Gasteiger partial charge < -0.3 is 5.32 Å². The number of rotatable bonds is 3. The summed E-state index contributed by atoms with van der Waals surface area (Å²) in [5.41, 5.74) is 4.12. The van der Waals surface area contributed by atoms with Gasteiger partial charge in [0.25, 0.3) is 5.91 Å². The maximum absolute atomic E-state index is 12.8. The molecule has 0 unspecified atom stereocenters. The van der Waals surface area contributed by atoms with Crippen molar-refractivity contribution >= 4 is 28.4 Å². The highest BCUT2D eigenvalue weighted by atomic mass is 35.5. The van der Waals surface area contributed by atoms with Crippen LogP contribution in [0, 0.1) is 13.8 Å². The Balaban J connectivity index is 1.95. The highest BCUT2D eigenvalue weighted by Crippen LogP contribution is 2.26. The van der Waals surface area contributed by atoms with Crippen LogP contribution in [-0.4, -0.2) is 20.7 Å². The molecule has 0 aliphatic carbocycles. The third kappa shape index (κ3) is 2.76. The average Bonchev–Trinajstić information content (AvgIpc) is 2.80. The van der Waals surface area contributed by atoms with Gasteiger partial charge >= 0.3 is 0 Å². The van der Waals surface area contributed by atoms with Gasteiger partial charge in [0.1, 0.15) is 0 Å². The molecular formula is C18H19ClN4O. The van der Waals surface area contributed by atoms with E-state index in [1.165, 1.54) is 0 Å². The molecule has 1 atom stereocenters. The van der Waals surface area contributed by atoms with Crippen molar-refractivity contribution in [3.05, 3.63) is 58.0 Å². The molecule has 0 saturated carbocycles. The summed E-state index contributed by atoms with van der Waals surface area (Å²) >= 11 is 6.20. The van der Waals surface area contributed by atoms with Crippen LogP contribution in [0.15, 0.2) is 30.5 Å². The van der Waals surface area contributed by atoms with Crippen molar-refractivity contribution in [2.24, 2.45) is 7.05 Å². The molecule has 1 aromatic carbocycles. The molecule has 0 aliphatic rings. The van der Waals surface area contributed by atoms with Crippen molar-refractivity contribution in [2.45, 2.75) is 26.8 Å². The SMILES string of the molecule is Cc1nn(C)c(C)c1[C@H](C)NC(=O)c1ccc(Cl)c2cccnc12. The number of aromatic nitrogens is 3. The number of nitrogens with zero attached hydrogens (tertiary/aromatic N) is 3. The van der Waals surface area contributed by atoms with E-state index >= 15 is 0 Å². The molecule has 0 fully saturated rings. The van der Waals surface area contributed by atoms with Gasteiger partial charge in [-0.25, -0.2) is 0 Å². The summed E-state index contributed by atoms with van der Waals surface area (Å²) < 4.78 is 1.83. The highest BCUT2D eigenvalue weighted by molar-refractivity contribution is 6.36. The minimum atomic E-state index is -0.175. The molecule has 0 radical (unpaired) electrons. The van der Waals surface area contributed by atoms with E-state index in [2.05, 4.69) is 15.4 Å². The van der Waals surface area contributed by atoms with Crippen LogP contribution in [0.4, 0.5) is 0 Å². The second kappa shape index (κ2) is 6.24. The van der Waals surface area contributed by atoms with Gasteiger partial charge in [-0.15, -0.1) is 0 Å². The van der Waals surface area contributed by atoms with Crippen molar-refractivity contribution < 1.29 is 4.79 Å². The zero-order valence-electron chi connectivity index (χ0n) is 14.1. The van der Waals surface area contributed by atoms with Gasteiger partial charge in [-0.3, -0.25) is 14.5 Å². The minimum absolute atomic E-state index is 0.152. The van der Waals surface area contributed by atoms with Crippen LogP contribution >= 0.6 is 11.6 Å². The maximum Gasteiger partial charge on any atom is 0.253 e. The quantitative estimate of drug-likeness (QED) is 0.789. The molecule has 3 aromatic rings. The molecule has 1 N–H and O–H groups in total. The van der Waals surface area contributed by atoms with Crippen molar-refractivity contribution in [1.82, 2.24) is 20.1 Å². The normalized spacial score (nSPS) is 12.4. The van der Waals surface area contributed by atoms with Crippen LogP contribution < -0.4 is 5.32 Å². The number of halogens is 1. The van der Waals surface area contributed by atoms with Crippen LogP contribution in [0.3, 0.4) is 0 Å². The van der Waals surface area contributed by atoms with Gasteiger partial charge in [0.15, 0.2) is 0 Å². The van der Waals surface area contributed by atoms with Crippen molar-refractivity contribution in [3.63, 3.8) is 0 Å². The minimum Gasteiger partial charge on any atom is -0.345 e. The molecule has 6 heteroatoms. The van der Waals surface area contributed by atoms with Gasteiger partial charge in [0, 0.05) is 29.9 Å². The zero-order valence-corrected chi connectivity index (χ0v) is 14.8. The molecule has 5 nitrogen and oxygen atoms in total. The van der Waals surface area contributed by atoms with Crippen LogP contribution in [0.1, 0.15) is 40.3 Å². The molecule has 0 bridgehead atoms. The van der Waals surface area contributed by atoms with E-state index in [0.29, 0.717) is 16.1 Å². The fourth-order valence-electron chi connectivity index (χ4n) is 3.08. The van der Waals surface area contributed by atoms with Crippen LogP contribution in [0.5, 0.6) is 0 Å². The number of benzene rings is 1. The van der Waals surface area contributed by atoms with Crippen LogP contribution in [0.2, 0.25) is 5.02 Å². The Morgan fingerprint density at radius 3 is 2.71 bits per heavy atom. The molecule has 24 heavy (non-hydrogen) atoms. The Morgan fingerprint density at radius 2 is 2.04 bits per heavy atom. The Kier molecular flexibility index (Phi) is 4.28. The first-order valence-electron chi connectivity index (χ1n) is 7.74. The third-order valence-electron chi connectivity index (χ3n) is 4.31. The third-order valence-corrected chi connectivity index (χ3v) is 4.64. The monoisotopic (exact) mass is 342 g/mol. The summed E-state index contributed by atoms with van der Waals surface area (Å²) in [4.78, 5) is 17.1. The number of amides is 1. The zero-order chi connectivity index (χ0) is 17.4. The van der Waals surface area contributed by atoms with E-state index in [1.54, 1.807) is 24.4 Å². The molecule has 2 heterocycles. The van der Waals surface area contributed by atoms with E-state index in [9.17, 15) is 4.79 Å². The van der Waals surface area contributed by atoms with Gasteiger partial charge in [-0.2, -0.15) is 5.10 Å². The lowest BCUT2D eigenvalue weighted by atomic mass is 10.0. The van der Waals surface area contributed by atoms with E-state index in [-0.39, 0.29) is 11.9 Å². The molecular weight excluding hydrogens is 324 g/mol. The Morgan fingerprint density at radius 1 is 1.29 bits per heavy atom. The molecule has 3 rings (SSSR count). The Bertz CT molecular complexity index is 932. The van der Waals surface area contributed by atoms with E-state index in [4.69, 9.17) is 11.6 Å². The largest absolute Gasteiger partial charge is 0.345 e. The second-order valence-corrected chi connectivity index (χ2v) is 6.30. The Hall–Kier alpha value is -2.40. The van der Waals surface area contributed by atoms with Crippen molar-refractivity contribution in [1.29, 1.82) is 0 Å². The first kappa shape index (κ1) is 16.5. The van der Waals surface area contributed by atoms with E-state index in [1.807, 2.05) is 38.6 Å². The maximum atomic E-state index is 12.8. The first-order valence-corrected chi connectivity index (χ1v) is 8.12. The summed E-state index contributed by atoms with van der Waals surface area (Å²) in [5.74, 6) is -0.175. The van der Waals surface area contributed by atoms with Crippen molar-refractivity contribution in [3.8, 4) is 0 Å². The van der Waals surface area contributed by atoms with Crippen LogP contribution in [-0.2, 0) is 7.05 Å². The van der Waals surface area contributed by atoms with E-state index < -0.39 is 0 Å². The summed E-state index contributed by atoms with van der Waals surface area (Å²) in [6.45, 7) is 5.90. The number of carbonyl (C=O) groups is 1. The molecule has 2 aromatic heterocycles. The lowest BCUT2D eigenvalue weighted by Crippen LogP contribution is -2.27. The van der Waals surface area contributed by atoms with Gasteiger partial charge in [-0.05, 0) is 45.0 Å². The summed E-state index contributed by atoms with van der Waals surface area (Å²) in [5, 5.41) is 8.81. The predicted octanol–water partition coefficient (Wildman–Crippen LogP) is 3.73. The average molecular weight is 343 g/mol. The van der Waals surface area contributed by atoms with Gasteiger partial charge in [-0.1, -0.05) is 11.6 Å². The summed E-state index contributed by atoms with van der Waals surface area (Å²) in [6, 6.07) is 6.95.